The van der Waals surface area contributed by atoms with Crippen LogP contribution in [0, 0.1) is 0 Å². The highest BCUT2D eigenvalue weighted by Gasteiger charge is 2.26. The molecule has 0 bridgehead atoms. The number of hydrogen-bond acceptors (Lipinski definition) is 4. The lowest BCUT2D eigenvalue weighted by molar-refractivity contribution is -0.135. The van der Waals surface area contributed by atoms with Crippen molar-refractivity contribution in [3.05, 3.63) is 17.9 Å². The summed E-state index contributed by atoms with van der Waals surface area (Å²) in [5.41, 5.74) is 5.24. The molecule has 0 saturated carbocycles. The van der Waals surface area contributed by atoms with Crippen molar-refractivity contribution in [2.24, 2.45) is 5.73 Å². The van der Waals surface area contributed by atoms with E-state index < -0.39 is 22.6 Å². The first-order valence-electron chi connectivity index (χ1n) is 5.10. The van der Waals surface area contributed by atoms with Gasteiger partial charge < -0.3 is 10.2 Å². The molecule has 9 heteroatoms. The summed E-state index contributed by atoms with van der Waals surface area (Å²) in [6, 6.07) is 2.60. The zero-order valence-corrected chi connectivity index (χ0v) is 10.1. The smallest absolute Gasteiger partial charge is 0.389 e. The van der Waals surface area contributed by atoms with Gasteiger partial charge in [0.25, 0.3) is 10.0 Å². The molecule has 18 heavy (non-hydrogen) atoms. The molecule has 0 fully saturated rings. The number of alkyl halides is 3. The molecule has 1 aromatic heterocycles. The van der Waals surface area contributed by atoms with Crippen LogP contribution in [0.2, 0.25) is 0 Å². The third-order valence-corrected chi connectivity index (χ3v) is 3.37. The maximum absolute atomic E-state index is 11.8. The molecule has 0 unspecified atom stereocenters. The van der Waals surface area contributed by atoms with Crippen LogP contribution in [0.3, 0.4) is 0 Å². The van der Waals surface area contributed by atoms with Crippen LogP contribution in [0.15, 0.2) is 21.6 Å². The summed E-state index contributed by atoms with van der Waals surface area (Å²) in [7, 11) is -3.91. The van der Waals surface area contributed by atoms with Crippen molar-refractivity contribution in [2.75, 3.05) is 6.54 Å². The predicted molar refractivity (Wildman–Crippen MR) is 57.1 cm³/mol. The predicted octanol–water partition coefficient (Wildman–Crippen LogP) is 1.36. The summed E-state index contributed by atoms with van der Waals surface area (Å²) in [5, 5.41) is -0.352. The van der Waals surface area contributed by atoms with E-state index in [1.165, 1.54) is 12.1 Å². The minimum absolute atomic E-state index is 0.0452. The lowest BCUT2D eigenvalue weighted by atomic mass is 10.3. The monoisotopic (exact) mass is 286 g/mol. The molecule has 0 aromatic carbocycles. The molecule has 3 N–H and O–H groups in total. The molecule has 5 nitrogen and oxygen atoms in total. The molecular formula is C9H13F3N2O3S. The van der Waals surface area contributed by atoms with Gasteiger partial charge in [0.2, 0.25) is 5.09 Å². The van der Waals surface area contributed by atoms with Gasteiger partial charge in [-0.2, -0.15) is 13.2 Å². The van der Waals surface area contributed by atoms with Gasteiger partial charge in [0.05, 0.1) is 6.54 Å². The van der Waals surface area contributed by atoms with E-state index in [9.17, 15) is 21.6 Å². The number of sulfonamides is 1. The van der Waals surface area contributed by atoms with E-state index in [0.717, 1.165) is 0 Å². The summed E-state index contributed by atoms with van der Waals surface area (Å²) < 4.78 is 65.6. The zero-order chi connectivity index (χ0) is 13.8. The Labute approximate surface area is 102 Å². The van der Waals surface area contributed by atoms with Gasteiger partial charge in [-0.05, 0) is 18.6 Å². The van der Waals surface area contributed by atoms with Gasteiger partial charge in [-0.15, -0.1) is 0 Å². The minimum Gasteiger partial charge on any atom is -0.447 e. The van der Waals surface area contributed by atoms with Crippen LogP contribution in [0.4, 0.5) is 13.2 Å². The van der Waals surface area contributed by atoms with E-state index in [1.54, 1.807) is 0 Å². The Bertz CT molecular complexity index is 481. The fourth-order valence-electron chi connectivity index (χ4n) is 1.18. The van der Waals surface area contributed by atoms with Gasteiger partial charge in [0, 0.05) is 13.0 Å². The fraction of sp³-hybridized carbons (Fsp3) is 0.556. The molecule has 0 aliphatic rings. The second-order valence-electron chi connectivity index (χ2n) is 3.54. The molecule has 1 heterocycles. The van der Waals surface area contributed by atoms with Gasteiger partial charge >= 0.3 is 6.18 Å². The molecule has 0 radical (unpaired) electrons. The van der Waals surface area contributed by atoms with Gasteiger partial charge in [-0.3, -0.25) is 0 Å². The van der Waals surface area contributed by atoms with E-state index in [0.29, 0.717) is 0 Å². The Morgan fingerprint density at radius 1 is 1.33 bits per heavy atom. The summed E-state index contributed by atoms with van der Waals surface area (Å²) in [5.74, 6) is 0.283. The van der Waals surface area contributed by atoms with E-state index in [2.05, 4.69) is 0 Å². The molecule has 0 spiro atoms. The first-order valence-corrected chi connectivity index (χ1v) is 6.58. The van der Waals surface area contributed by atoms with Crippen LogP contribution in [0.25, 0.3) is 0 Å². The second kappa shape index (κ2) is 5.72. The van der Waals surface area contributed by atoms with Crippen LogP contribution in [0.5, 0.6) is 0 Å². The topological polar surface area (TPSA) is 85.3 Å². The Morgan fingerprint density at radius 3 is 2.50 bits per heavy atom. The van der Waals surface area contributed by atoms with Crippen LogP contribution < -0.4 is 10.5 Å². The van der Waals surface area contributed by atoms with Gasteiger partial charge in [0.15, 0.2) is 0 Å². The Morgan fingerprint density at radius 2 is 2.00 bits per heavy atom. The molecule has 0 aliphatic heterocycles. The van der Waals surface area contributed by atoms with Crippen LogP contribution >= 0.6 is 0 Å². The maximum atomic E-state index is 11.8. The number of halogens is 3. The standard InChI is InChI=1S/C9H13F3N2O3S/c10-9(11,12)4-1-5-14-18(15,16)8-3-2-7(6-13)17-8/h2-3,14H,1,4-6,13H2. The number of furan rings is 1. The molecule has 1 aromatic rings. The largest absolute Gasteiger partial charge is 0.447 e. The molecule has 0 aliphatic carbocycles. The number of hydrogen-bond donors (Lipinski definition) is 2. The highest BCUT2D eigenvalue weighted by molar-refractivity contribution is 7.89. The van der Waals surface area contributed by atoms with E-state index in [4.69, 9.17) is 10.2 Å². The first kappa shape index (κ1) is 15.0. The molecule has 1 rings (SSSR count). The quantitative estimate of drug-likeness (QED) is 0.773. The Balaban J connectivity index is 2.50. The normalized spacial score (nSPS) is 12.9. The number of rotatable bonds is 6. The molecular weight excluding hydrogens is 273 g/mol. The SMILES string of the molecule is NCc1ccc(S(=O)(=O)NCCCC(F)(F)F)o1. The van der Waals surface area contributed by atoms with Gasteiger partial charge in [-0.1, -0.05) is 0 Å². The van der Waals surface area contributed by atoms with Crippen molar-refractivity contribution in [3.63, 3.8) is 0 Å². The van der Waals surface area contributed by atoms with Crippen molar-refractivity contribution in [3.8, 4) is 0 Å². The highest BCUT2D eigenvalue weighted by Crippen LogP contribution is 2.21. The van der Waals surface area contributed by atoms with Crippen LogP contribution in [0.1, 0.15) is 18.6 Å². The fourth-order valence-corrected chi connectivity index (χ4v) is 2.20. The average Bonchev–Trinajstić information content (AvgIpc) is 2.72. The summed E-state index contributed by atoms with van der Waals surface area (Å²) in [6.45, 7) is -0.260. The van der Waals surface area contributed by atoms with Gasteiger partial charge in [0.1, 0.15) is 5.76 Å². The third-order valence-electron chi connectivity index (χ3n) is 2.03. The zero-order valence-electron chi connectivity index (χ0n) is 9.33. The van der Waals surface area contributed by atoms with Crippen LogP contribution in [-0.4, -0.2) is 21.1 Å². The van der Waals surface area contributed by atoms with Crippen molar-refractivity contribution in [1.82, 2.24) is 4.72 Å². The number of nitrogens with one attached hydrogen (secondary N) is 1. The van der Waals surface area contributed by atoms with E-state index >= 15 is 0 Å². The molecule has 0 amide bonds. The van der Waals surface area contributed by atoms with Crippen molar-refractivity contribution >= 4 is 10.0 Å². The summed E-state index contributed by atoms with van der Waals surface area (Å²) >= 11 is 0. The first-order chi connectivity index (χ1) is 8.24. The highest BCUT2D eigenvalue weighted by atomic mass is 32.2. The second-order valence-corrected chi connectivity index (χ2v) is 5.24. The maximum Gasteiger partial charge on any atom is 0.389 e. The number of nitrogens with two attached hydrogens (primary N) is 1. The molecule has 0 saturated heterocycles. The molecule has 104 valence electrons. The Hall–Kier alpha value is -1.06. The lowest BCUT2D eigenvalue weighted by Crippen LogP contribution is -2.25. The van der Waals surface area contributed by atoms with Crippen molar-refractivity contribution < 1.29 is 26.0 Å². The van der Waals surface area contributed by atoms with Gasteiger partial charge in [-0.25, -0.2) is 13.1 Å². The molecule has 0 atom stereocenters. The lowest BCUT2D eigenvalue weighted by Gasteiger charge is -2.06. The van der Waals surface area contributed by atoms with E-state index in [1.807, 2.05) is 4.72 Å². The summed E-state index contributed by atoms with van der Waals surface area (Å²) in [4.78, 5) is 0. The van der Waals surface area contributed by atoms with Crippen LogP contribution in [-0.2, 0) is 16.6 Å². The minimum atomic E-state index is -4.29. The van der Waals surface area contributed by atoms with Crippen molar-refractivity contribution in [2.45, 2.75) is 30.7 Å². The third kappa shape index (κ3) is 4.67. The van der Waals surface area contributed by atoms with E-state index in [-0.39, 0.29) is 30.4 Å². The Kier molecular flexibility index (Phi) is 4.77. The average molecular weight is 286 g/mol. The van der Waals surface area contributed by atoms with Crippen molar-refractivity contribution in [1.29, 1.82) is 0 Å². The summed E-state index contributed by atoms with van der Waals surface area (Å²) in [6.07, 6.45) is -5.66.